The summed E-state index contributed by atoms with van der Waals surface area (Å²) in [5.41, 5.74) is 0.902. The molecule has 2 aromatic rings. The number of aromatic nitrogens is 2. The van der Waals surface area contributed by atoms with Gasteiger partial charge in [-0.1, -0.05) is 6.42 Å². The molecule has 0 saturated carbocycles. The number of benzene rings is 1. The van der Waals surface area contributed by atoms with Gasteiger partial charge in [0.25, 0.3) is 0 Å². The summed E-state index contributed by atoms with van der Waals surface area (Å²) < 4.78 is 0. The number of anilines is 1. The highest BCUT2D eigenvalue weighted by Gasteiger charge is 2.14. The van der Waals surface area contributed by atoms with Crippen LogP contribution in [0.5, 0.6) is 0 Å². The summed E-state index contributed by atoms with van der Waals surface area (Å²) in [5.74, 6) is 1.07. The summed E-state index contributed by atoms with van der Waals surface area (Å²) in [4.78, 5) is 19.4. The summed E-state index contributed by atoms with van der Waals surface area (Å²) in [6.07, 6.45) is 5.33. The lowest BCUT2D eigenvalue weighted by molar-refractivity contribution is 0.0697. The summed E-state index contributed by atoms with van der Waals surface area (Å²) in [7, 11) is 0. The lowest BCUT2D eigenvalue weighted by Gasteiger charge is -2.21. The second-order valence-electron chi connectivity index (χ2n) is 5.13. The molecular formula is C15H17N3O2S. The third-order valence-corrected chi connectivity index (χ3v) is 5.05. The maximum atomic E-state index is 11.0. The molecule has 1 saturated heterocycles. The number of nitrogens with zero attached hydrogens (tertiary/aromatic N) is 2. The van der Waals surface area contributed by atoms with Crippen molar-refractivity contribution < 1.29 is 9.90 Å². The Balaban J connectivity index is 1.80. The molecule has 6 heteroatoms. The van der Waals surface area contributed by atoms with Crippen LogP contribution in [0.2, 0.25) is 0 Å². The summed E-state index contributed by atoms with van der Waals surface area (Å²) in [5, 5.41) is 13.9. The largest absolute Gasteiger partial charge is 0.478 e. The van der Waals surface area contributed by atoms with Gasteiger partial charge in [-0.2, -0.15) is 11.8 Å². The Bertz CT molecular complexity index is 656. The number of nitrogens with one attached hydrogen (secondary N) is 1. The fourth-order valence-corrected chi connectivity index (χ4v) is 3.75. The minimum Gasteiger partial charge on any atom is -0.478 e. The Hall–Kier alpha value is -1.82. The molecule has 110 valence electrons. The highest BCUT2D eigenvalue weighted by atomic mass is 32.2. The minimum absolute atomic E-state index is 0.245. The number of carboxylic acid groups (broad SMARTS) is 1. The topological polar surface area (TPSA) is 75.1 Å². The van der Waals surface area contributed by atoms with Gasteiger partial charge in [0.15, 0.2) is 0 Å². The van der Waals surface area contributed by atoms with Gasteiger partial charge in [-0.15, -0.1) is 0 Å². The third-order valence-electron chi connectivity index (χ3n) is 3.65. The molecule has 2 N–H and O–H groups in total. The Morgan fingerprint density at radius 3 is 3.05 bits per heavy atom. The predicted molar refractivity (Wildman–Crippen MR) is 85.1 cm³/mol. The fraction of sp³-hybridized carbons (Fsp3) is 0.400. The number of carboxylic acids is 1. The van der Waals surface area contributed by atoms with Crippen LogP contribution >= 0.6 is 11.8 Å². The van der Waals surface area contributed by atoms with E-state index in [9.17, 15) is 4.79 Å². The maximum Gasteiger partial charge on any atom is 0.335 e. The van der Waals surface area contributed by atoms with Crippen molar-refractivity contribution in [2.45, 2.75) is 24.5 Å². The number of carbonyl (C=O) groups is 1. The second-order valence-corrected chi connectivity index (χ2v) is 6.54. The first kappa shape index (κ1) is 14.1. The van der Waals surface area contributed by atoms with Crippen molar-refractivity contribution in [3.63, 3.8) is 0 Å². The van der Waals surface area contributed by atoms with Crippen molar-refractivity contribution in [3.8, 4) is 0 Å². The molecule has 1 atom stereocenters. The molecular weight excluding hydrogens is 286 g/mol. The normalized spacial score (nSPS) is 18.6. The van der Waals surface area contributed by atoms with Gasteiger partial charge >= 0.3 is 5.97 Å². The lowest BCUT2D eigenvalue weighted by Crippen LogP contribution is -2.20. The van der Waals surface area contributed by atoms with Gasteiger partial charge in [-0.3, -0.25) is 0 Å². The molecule has 0 spiro atoms. The van der Waals surface area contributed by atoms with E-state index in [-0.39, 0.29) is 5.56 Å². The van der Waals surface area contributed by atoms with Crippen LogP contribution in [0.3, 0.4) is 0 Å². The second kappa shape index (κ2) is 6.30. The van der Waals surface area contributed by atoms with E-state index in [2.05, 4.69) is 15.3 Å². The number of hydrogen-bond donors (Lipinski definition) is 2. The molecule has 1 unspecified atom stereocenters. The lowest BCUT2D eigenvalue weighted by atomic mass is 10.1. The zero-order valence-corrected chi connectivity index (χ0v) is 12.4. The van der Waals surface area contributed by atoms with Gasteiger partial charge in [0.1, 0.15) is 12.1 Å². The highest BCUT2D eigenvalue weighted by molar-refractivity contribution is 7.99. The van der Waals surface area contributed by atoms with Crippen LogP contribution in [0.25, 0.3) is 10.9 Å². The summed E-state index contributed by atoms with van der Waals surface area (Å²) >= 11 is 2.01. The molecule has 0 amide bonds. The average Bonchev–Trinajstić information content (AvgIpc) is 2.53. The van der Waals surface area contributed by atoms with E-state index in [1.807, 2.05) is 11.8 Å². The van der Waals surface area contributed by atoms with E-state index >= 15 is 0 Å². The molecule has 3 rings (SSSR count). The standard InChI is InChI=1S/C15H17N3O2S/c19-15(20)10-4-5-12-13(7-10)17-9-18-14(12)16-8-11-3-1-2-6-21-11/h4-5,7,9,11H,1-3,6,8H2,(H,19,20)(H,16,17,18). The van der Waals surface area contributed by atoms with Gasteiger partial charge in [0.2, 0.25) is 0 Å². The zero-order chi connectivity index (χ0) is 14.7. The molecule has 1 aromatic carbocycles. The quantitative estimate of drug-likeness (QED) is 0.904. The van der Waals surface area contributed by atoms with E-state index in [1.165, 1.54) is 31.3 Å². The summed E-state index contributed by atoms with van der Waals surface area (Å²) in [6, 6.07) is 4.95. The Morgan fingerprint density at radius 2 is 2.29 bits per heavy atom. The van der Waals surface area contributed by atoms with Crippen molar-refractivity contribution in [1.82, 2.24) is 9.97 Å². The third kappa shape index (κ3) is 3.26. The molecule has 0 radical (unpaired) electrons. The van der Waals surface area contributed by atoms with Gasteiger partial charge in [0.05, 0.1) is 11.1 Å². The van der Waals surface area contributed by atoms with E-state index in [0.717, 1.165) is 17.7 Å². The smallest absolute Gasteiger partial charge is 0.335 e. The van der Waals surface area contributed by atoms with Gasteiger partial charge in [-0.25, -0.2) is 14.8 Å². The van der Waals surface area contributed by atoms with Crippen LogP contribution in [0.15, 0.2) is 24.5 Å². The minimum atomic E-state index is -0.941. The molecule has 0 bridgehead atoms. The van der Waals surface area contributed by atoms with Crippen LogP contribution in [-0.2, 0) is 0 Å². The van der Waals surface area contributed by atoms with Crippen molar-refractivity contribution in [2.75, 3.05) is 17.6 Å². The molecule has 1 aliphatic rings. The van der Waals surface area contributed by atoms with E-state index < -0.39 is 5.97 Å². The molecule has 1 aliphatic heterocycles. The van der Waals surface area contributed by atoms with Crippen molar-refractivity contribution in [1.29, 1.82) is 0 Å². The van der Waals surface area contributed by atoms with Crippen LogP contribution in [0, 0.1) is 0 Å². The molecule has 1 fully saturated rings. The number of hydrogen-bond acceptors (Lipinski definition) is 5. The fourth-order valence-electron chi connectivity index (χ4n) is 2.51. The molecule has 0 aliphatic carbocycles. The maximum absolute atomic E-state index is 11.0. The Labute approximate surface area is 127 Å². The van der Waals surface area contributed by atoms with Gasteiger partial charge < -0.3 is 10.4 Å². The predicted octanol–water partition coefficient (Wildman–Crippen LogP) is 3.03. The summed E-state index contributed by atoms with van der Waals surface area (Å²) in [6.45, 7) is 0.886. The van der Waals surface area contributed by atoms with Crippen molar-refractivity contribution >= 4 is 34.5 Å². The van der Waals surface area contributed by atoms with Gasteiger partial charge in [-0.05, 0) is 36.8 Å². The number of aromatic carboxylic acids is 1. The highest BCUT2D eigenvalue weighted by Crippen LogP contribution is 2.26. The van der Waals surface area contributed by atoms with Gasteiger partial charge in [0, 0.05) is 17.2 Å². The van der Waals surface area contributed by atoms with Crippen LogP contribution in [0.4, 0.5) is 5.82 Å². The first-order chi connectivity index (χ1) is 10.2. The van der Waals surface area contributed by atoms with E-state index in [4.69, 9.17) is 5.11 Å². The van der Waals surface area contributed by atoms with Crippen LogP contribution in [0.1, 0.15) is 29.6 Å². The average molecular weight is 303 g/mol. The Kier molecular flexibility index (Phi) is 4.24. The SMILES string of the molecule is O=C(O)c1ccc2c(NCC3CCCCS3)ncnc2c1. The molecule has 2 heterocycles. The number of fused-ring (bicyclic) bond motifs is 1. The Morgan fingerprint density at radius 1 is 1.38 bits per heavy atom. The molecule has 21 heavy (non-hydrogen) atoms. The van der Waals surface area contributed by atoms with E-state index in [0.29, 0.717) is 10.8 Å². The molecule has 5 nitrogen and oxygen atoms in total. The number of thioether (sulfide) groups is 1. The molecule has 1 aromatic heterocycles. The zero-order valence-electron chi connectivity index (χ0n) is 11.6. The van der Waals surface area contributed by atoms with Crippen molar-refractivity contribution in [3.05, 3.63) is 30.1 Å². The number of rotatable bonds is 4. The van der Waals surface area contributed by atoms with Crippen LogP contribution < -0.4 is 5.32 Å². The van der Waals surface area contributed by atoms with Crippen molar-refractivity contribution in [2.24, 2.45) is 0 Å². The van der Waals surface area contributed by atoms with Crippen LogP contribution in [-0.4, -0.2) is 38.6 Å². The van der Waals surface area contributed by atoms with E-state index in [1.54, 1.807) is 18.2 Å². The monoisotopic (exact) mass is 303 g/mol. The first-order valence-corrected chi connectivity index (χ1v) is 8.12. The first-order valence-electron chi connectivity index (χ1n) is 7.07.